The summed E-state index contributed by atoms with van der Waals surface area (Å²) in [7, 11) is 0. The number of halogens is 5. The van der Waals surface area contributed by atoms with Gasteiger partial charge >= 0.3 is 6.18 Å². The Bertz CT molecular complexity index is 564. The van der Waals surface area contributed by atoms with E-state index in [2.05, 4.69) is 10.1 Å². The van der Waals surface area contributed by atoms with Crippen molar-refractivity contribution >= 4 is 39.8 Å². The predicted octanol–water partition coefficient (Wildman–Crippen LogP) is 3.31. The molecule has 2 rings (SSSR count). The number of nitrogens with zero attached hydrogens (tertiary/aromatic N) is 3. The molecule has 0 unspecified atom stereocenters. The summed E-state index contributed by atoms with van der Waals surface area (Å²) in [6.45, 7) is 1.58. The van der Waals surface area contributed by atoms with E-state index in [1.54, 1.807) is 29.5 Å². The lowest BCUT2D eigenvalue weighted by Crippen LogP contribution is -2.09. The highest BCUT2D eigenvalue weighted by molar-refractivity contribution is 14.1. The molecule has 0 atom stereocenters. The van der Waals surface area contributed by atoms with Crippen LogP contribution in [-0.4, -0.2) is 14.6 Å². The van der Waals surface area contributed by atoms with Crippen molar-refractivity contribution in [1.29, 1.82) is 0 Å². The second-order valence-electron chi connectivity index (χ2n) is 3.11. The van der Waals surface area contributed by atoms with Crippen LogP contribution in [0.5, 0.6) is 0 Å². The van der Waals surface area contributed by atoms with Crippen LogP contribution in [0.2, 0.25) is 5.02 Å². The van der Waals surface area contributed by atoms with Crippen LogP contribution in [0.15, 0.2) is 6.07 Å². The van der Waals surface area contributed by atoms with Crippen LogP contribution < -0.4 is 0 Å². The molecule has 3 nitrogen and oxygen atoms in total. The van der Waals surface area contributed by atoms with E-state index in [-0.39, 0.29) is 14.5 Å². The molecule has 0 spiro atoms. The first kappa shape index (κ1) is 11.9. The van der Waals surface area contributed by atoms with E-state index in [9.17, 15) is 13.2 Å². The van der Waals surface area contributed by atoms with Crippen molar-refractivity contribution in [2.75, 3.05) is 0 Å². The highest BCUT2D eigenvalue weighted by Crippen LogP contribution is 2.34. The molecule has 0 amide bonds. The maximum Gasteiger partial charge on any atom is 0.420 e. The Labute approximate surface area is 107 Å². The number of rotatable bonds is 0. The standard InChI is InChI=1S/C8H4ClF3IN3/c1-3-5(9)2-4(8(10,11)12)6-14-7(13)15-16(3)6/h2H,1H3. The van der Waals surface area contributed by atoms with Crippen LogP contribution in [0.1, 0.15) is 11.3 Å². The first-order valence-corrected chi connectivity index (χ1v) is 5.55. The largest absolute Gasteiger partial charge is 0.420 e. The van der Waals surface area contributed by atoms with Crippen LogP contribution in [0.3, 0.4) is 0 Å². The summed E-state index contributed by atoms with van der Waals surface area (Å²) in [5.74, 6) is 0. The molecule has 8 heteroatoms. The minimum atomic E-state index is -4.49. The van der Waals surface area contributed by atoms with E-state index < -0.39 is 11.7 Å². The van der Waals surface area contributed by atoms with Gasteiger partial charge in [0.15, 0.2) is 5.65 Å². The second-order valence-corrected chi connectivity index (χ2v) is 4.48. The van der Waals surface area contributed by atoms with Crippen molar-refractivity contribution in [3.63, 3.8) is 0 Å². The Morgan fingerprint density at radius 2 is 2.06 bits per heavy atom. The number of fused-ring (bicyclic) bond motifs is 1. The number of hydrogen-bond donors (Lipinski definition) is 0. The fourth-order valence-electron chi connectivity index (χ4n) is 1.30. The predicted molar refractivity (Wildman–Crippen MR) is 60.5 cm³/mol. The van der Waals surface area contributed by atoms with Crippen LogP contribution in [0.4, 0.5) is 13.2 Å². The third kappa shape index (κ3) is 1.86. The molecule has 0 N–H and O–H groups in total. The van der Waals surface area contributed by atoms with Gasteiger partial charge in [-0.3, -0.25) is 0 Å². The van der Waals surface area contributed by atoms with Gasteiger partial charge < -0.3 is 0 Å². The lowest BCUT2D eigenvalue weighted by molar-refractivity contribution is -0.136. The normalized spacial score (nSPS) is 12.4. The third-order valence-electron chi connectivity index (χ3n) is 2.06. The fraction of sp³-hybridized carbons (Fsp3) is 0.250. The second kappa shape index (κ2) is 3.73. The van der Waals surface area contributed by atoms with Crippen LogP contribution in [0.25, 0.3) is 5.65 Å². The molecule has 0 saturated carbocycles. The summed E-state index contributed by atoms with van der Waals surface area (Å²) in [6, 6.07) is 0.872. The van der Waals surface area contributed by atoms with Gasteiger partial charge in [0.1, 0.15) is 5.56 Å². The van der Waals surface area contributed by atoms with Gasteiger partial charge in [-0.1, -0.05) is 11.6 Å². The molecule has 0 aliphatic rings. The first-order chi connectivity index (χ1) is 7.30. The monoisotopic (exact) mass is 361 g/mol. The topological polar surface area (TPSA) is 30.2 Å². The van der Waals surface area contributed by atoms with Crippen molar-refractivity contribution < 1.29 is 13.2 Å². The molecule has 0 radical (unpaired) electrons. The molecule has 0 aromatic carbocycles. The summed E-state index contributed by atoms with van der Waals surface area (Å²) in [4.78, 5) is 3.74. The Hall–Kier alpha value is -0.570. The average molecular weight is 361 g/mol. The molecule has 86 valence electrons. The van der Waals surface area contributed by atoms with Gasteiger partial charge in [-0.25, -0.2) is 9.50 Å². The van der Waals surface area contributed by atoms with Crippen LogP contribution >= 0.6 is 34.2 Å². The summed E-state index contributed by atoms with van der Waals surface area (Å²) < 4.78 is 39.4. The maximum absolute atomic E-state index is 12.7. The lowest BCUT2D eigenvalue weighted by atomic mass is 10.2. The van der Waals surface area contributed by atoms with Crippen molar-refractivity contribution in [3.05, 3.63) is 26.2 Å². The Morgan fingerprint density at radius 3 is 2.62 bits per heavy atom. The molecule has 0 saturated heterocycles. The SMILES string of the molecule is Cc1c(Cl)cc(C(F)(F)F)c2nc(I)nn12. The summed E-state index contributed by atoms with van der Waals surface area (Å²) in [5.41, 5.74) is -0.669. The minimum Gasteiger partial charge on any atom is -0.215 e. The average Bonchev–Trinajstić information content (AvgIpc) is 2.51. The fourth-order valence-corrected chi connectivity index (χ4v) is 1.93. The minimum absolute atomic E-state index is 0.0149. The zero-order chi connectivity index (χ0) is 12.1. The zero-order valence-corrected chi connectivity index (χ0v) is 10.7. The molecule has 16 heavy (non-hydrogen) atoms. The Kier molecular flexibility index (Phi) is 2.77. The summed E-state index contributed by atoms with van der Waals surface area (Å²) in [6.07, 6.45) is -4.49. The van der Waals surface area contributed by atoms with E-state index >= 15 is 0 Å². The van der Waals surface area contributed by atoms with E-state index in [1.165, 1.54) is 0 Å². The molecule has 2 aromatic heterocycles. The number of pyridine rings is 1. The van der Waals surface area contributed by atoms with Gasteiger partial charge in [0.05, 0.1) is 10.7 Å². The van der Waals surface area contributed by atoms with Gasteiger partial charge in [0.25, 0.3) is 0 Å². The Morgan fingerprint density at radius 1 is 1.44 bits per heavy atom. The quantitative estimate of drug-likeness (QED) is 0.674. The van der Waals surface area contributed by atoms with Gasteiger partial charge in [0, 0.05) is 22.6 Å². The van der Waals surface area contributed by atoms with Crippen LogP contribution in [-0.2, 0) is 6.18 Å². The molecular formula is C8H4ClF3IN3. The number of alkyl halides is 3. The van der Waals surface area contributed by atoms with Crippen molar-refractivity contribution in [3.8, 4) is 0 Å². The molecule has 2 aromatic rings. The first-order valence-electron chi connectivity index (χ1n) is 4.09. The third-order valence-corrected chi connectivity index (χ3v) is 2.90. The number of aromatic nitrogens is 3. The molecule has 0 aliphatic heterocycles. The molecule has 0 fully saturated rings. The molecule has 2 heterocycles. The van der Waals surface area contributed by atoms with Gasteiger partial charge in [-0.2, -0.15) is 13.2 Å². The smallest absolute Gasteiger partial charge is 0.215 e. The Balaban J connectivity index is 2.90. The van der Waals surface area contributed by atoms with Crippen LogP contribution in [0, 0.1) is 10.8 Å². The van der Waals surface area contributed by atoms with Gasteiger partial charge in [0.2, 0.25) is 3.83 Å². The highest BCUT2D eigenvalue weighted by Gasteiger charge is 2.35. The van der Waals surface area contributed by atoms with E-state index in [4.69, 9.17) is 11.6 Å². The summed E-state index contributed by atoms with van der Waals surface area (Å²) in [5, 5.41) is 3.87. The van der Waals surface area contributed by atoms with E-state index in [0.717, 1.165) is 10.6 Å². The van der Waals surface area contributed by atoms with Crippen molar-refractivity contribution in [1.82, 2.24) is 14.6 Å². The van der Waals surface area contributed by atoms with E-state index in [1.807, 2.05) is 0 Å². The van der Waals surface area contributed by atoms with Gasteiger partial charge in [-0.05, 0) is 13.0 Å². The van der Waals surface area contributed by atoms with Crippen molar-refractivity contribution in [2.24, 2.45) is 0 Å². The van der Waals surface area contributed by atoms with E-state index in [0.29, 0.717) is 5.69 Å². The van der Waals surface area contributed by atoms with Crippen molar-refractivity contribution in [2.45, 2.75) is 13.1 Å². The number of aryl methyl sites for hydroxylation is 1. The zero-order valence-electron chi connectivity index (χ0n) is 7.81. The molecule has 0 bridgehead atoms. The summed E-state index contributed by atoms with van der Waals surface area (Å²) >= 11 is 7.47. The highest BCUT2D eigenvalue weighted by atomic mass is 127. The molecule has 0 aliphatic carbocycles. The van der Waals surface area contributed by atoms with Gasteiger partial charge in [-0.15, -0.1) is 5.10 Å². The number of hydrogen-bond acceptors (Lipinski definition) is 2. The lowest BCUT2D eigenvalue weighted by Gasteiger charge is -2.09. The molecular weight excluding hydrogens is 357 g/mol. The maximum atomic E-state index is 12.7.